The SMILES string of the molecule is CC(=O)OC1CC(OC2CC[C@]3(C#N)[C@H]4CC[C@]5(C)[C@H](C6=CC(=O)OC6)CCC5(O)C4CCC3(O)C2)OC(C)C1OC(C)=O. The summed E-state index contributed by atoms with van der Waals surface area (Å²) in [4.78, 5) is 35.3. The second-order valence-corrected chi connectivity index (χ2v) is 14.4. The third kappa shape index (κ3) is 4.79. The minimum absolute atomic E-state index is 0.0528. The third-order valence-electron chi connectivity index (χ3n) is 12.3. The number of cyclic esters (lactones) is 1. The molecule has 12 atom stereocenters. The summed E-state index contributed by atoms with van der Waals surface area (Å²) in [5.41, 5.74) is -2.78. The van der Waals surface area contributed by atoms with E-state index in [-0.39, 0.29) is 43.2 Å². The smallest absolute Gasteiger partial charge is 0.331 e. The highest BCUT2D eigenvalue weighted by Crippen LogP contribution is 2.70. The van der Waals surface area contributed by atoms with E-state index in [4.69, 9.17) is 23.7 Å². The Morgan fingerprint density at radius 1 is 1.02 bits per heavy atom. The maximum Gasteiger partial charge on any atom is 0.331 e. The van der Waals surface area contributed by atoms with Crippen LogP contribution in [0.5, 0.6) is 0 Å². The number of hydrogen-bond acceptors (Lipinski definition) is 11. The van der Waals surface area contributed by atoms with Gasteiger partial charge < -0.3 is 33.9 Å². The van der Waals surface area contributed by atoms with Crippen LogP contribution in [0, 0.1) is 39.9 Å². The third-order valence-corrected chi connectivity index (χ3v) is 12.3. The molecule has 0 aromatic rings. The number of nitriles is 1. The topological polar surface area (TPSA) is 162 Å². The molecule has 6 rings (SSSR count). The molecule has 1 saturated heterocycles. The molecular weight excluding hydrogens is 570 g/mol. The fourth-order valence-electron chi connectivity index (χ4n) is 10.4. The monoisotopic (exact) mass is 615 g/mol. The molecule has 2 heterocycles. The number of aliphatic hydroxyl groups is 2. The molecule has 0 aromatic heterocycles. The van der Waals surface area contributed by atoms with Gasteiger partial charge in [0.05, 0.1) is 34.9 Å². The number of hydrogen-bond donors (Lipinski definition) is 2. The van der Waals surface area contributed by atoms with Crippen molar-refractivity contribution in [3.8, 4) is 6.07 Å². The van der Waals surface area contributed by atoms with Crippen molar-refractivity contribution < 1.29 is 48.3 Å². The van der Waals surface area contributed by atoms with Crippen molar-refractivity contribution in [1.29, 1.82) is 5.26 Å². The fourth-order valence-corrected chi connectivity index (χ4v) is 10.4. The minimum atomic E-state index is -1.29. The first-order valence-corrected chi connectivity index (χ1v) is 16.1. The van der Waals surface area contributed by atoms with E-state index in [9.17, 15) is 29.9 Å². The fraction of sp³-hybridized carbons (Fsp3) is 0.818. The Morgan fingerprint density at radius 3 is 2.41 bits per heavy atom. The zero-order valence-corrected chi connectivity index (χ0v) is 26.1. The number of esters is 3. The normalized spacial score (nSPS) is 48.1. The zero-order valence-electron chi connectivity index (χ0n) is 26.1. The summed E-state index contributed by atoms with van der Waals surface area (Å²) >= 11 is 0. The molecule has 8 unspecified atom stereocenters. The molecule has 0 spiro atoms. The standard InChI is InChI=1S/C33H45NO10/c1-18-29(43-20(3)36)26(42-19(2)35)14-28(41-18)44-22-5-10-31(17-34)24-6-9-30(4)23(21-13-27(37)40-16-21)8-12-33(30,39)25(24)7-11-32(31,38)15-22/h13,18,22-26,28-29,38-39H,5-12,14-16H2,1-4H3/t18?,22?,23-,24-,25?,26?,28?,29?,30+,31-,32?,33?/m0/s1. The zero-order chi connectivity index (χ0) is 31.7. The van der Waals surface area contributed by atoms with Crippen LogP contribution in [-0.4, -0.2) is 76.6 Å². The Morgan fingerprint density at radius 2 is 1.75 bits per heavy atom. The van der Waals surface area contributed by atoms with Gasteiger partial charge in [-0.3, -0.25) is 9.59 Å². The predicted octanol–water partition coefficient (Wildman–Crippen LogP) is 3.25. The highest BCUT2D eigenvalue weighted by atomic mass is 16.7. The number of fused-ring (bicyclic) bond motifs is 5. The molecule has 2 N–H and O–H groups in total. The quantitative estimate of drug-likeness (QED) is 0.265. The summed E-state index contributed by atoms with van der Waals surface area (Å²) in [6.45, 7) is 6.74. The molecular formula is C33H45NO10. The highest BCUT2D eigenvalue weighted by molar-refractivity contribution is 5.85. The Kier molecular flexibility index (Phi) is 7.92. The van der Waals surface area contributed by atoms with Crippen LogP contribution in [0.15, 0.2) is 11.6 Å². The van der Waals surface area contributed by atoms with Gasteiger partial charge in [-0.1, -0.05) is 6.92 Å². The highest BCUT2D eigenvalue weighted by Gasteiger charge is 2.72. The van der Waals surface area contributed by atoms with Gasteiger partial charge in [0.15, 0.2) is 12.4 Å². The summed E-state index contributed by atoms with van der Waals surface area (Å²) in [6, 6.07) is 2.59. The minimum Gasteiger partial charge on any atom is -0.458 e. The lowest BCUT2D eigenvalue weighted by atomic mass is 9.41. The van der Waals surface area contributed by atoms with Gasteiger partial charge in [-0.25, -0.2) is 4.79 Å². The average Bonchev–Trinajstić information content (AvgIpc) is 3.49. The van der Waals surface area contributed by atoms with Crippen LogP contribution < -0.4 is 0 Å². The van der Waals surface area contributed by atoms with Crippen LogP contribution in [0.3, 0.4) is 0 Å². The van der Waals surface area contributed by atoms with Gasteiger partial charge in [-0.15, -0.1) is 0 Å². The molecule has 11 heteroatoms. The van der Waals surface area contributed by atoms with Crippen molar-refractivity contribution in [1.82, 2.24) is 0 Å². The lowest BCUT2D eigenvalue weighted by Gasteiger charge is -2.64. The molecule has 0 bridgehead atoms. The van der Waals surface area contributed by atoms with Crippen molar-refractivity contribution >= 4 is 17.9 Å². The molecule has 0 radical (unpaired) electrons. The maximum atomic E-state index is 12.5. The van der Waals surface area contributed by atoms with Crippen LogP contribution >= 0.6 is 0 Å². The molecule has 44 heavy (non-hydrogen) atoms. The Bertz CT molecular complexity index is 1280. The van der Waals surface area contributed by atoms with E-state index in [1.807, 2.05) is 0 Å². The van der Waals surface area contributed by atoms with Gasteiger partial charge in [-0.05, 0) is 81.6 Å². The Labute approximate surface area is 258 Å². The summed E-state index contributed by atoms with van der Waals surface area (Å²) in [5, 5.41) is 35.5. The van der Waals surface area contributed by atoms with E-state index in [2.05, 4.69) is 13.0 Å². The predicted molar refractivity (Wildman–Crippen MR) is 152 cm³/mol. The summed E-state index contributed by atoms with van der Waals surface area (Å²) in [6.07, 6.45) is 3.53. The van der Waals surface area contributed by atoms with Gasteiger partial charge in [-0.2, -0.15) is 5.26 Å². The van der Waals surface area contributed by atoms with E-state index in [0.717, 1.165) is 12.0 Å². The molecule has 0 amide bonds. The summed E-state index contributed by atoms with van der Waals surface area (Å²) < 4.78 is 28.5. The molecule has 5 fully saturated rings. The largest absolute Gasteiger partial charge is 0.458 e. The van der Waals surface area contributed by atoms with Crippen molar-refractivity contribution in [2.24, 2.45) is 28.6 Å². The number of nitrogens with zero attached hydrogens (tertiary/aromatic N) is 1. The second-order valence-electron chi connectivity index (χ2n) is 14.4. The number of rotatable bonds is 5. The van der Waals surface area contributed by atoms with Gasteiger partial charge in [0.2, 0.25) is 0 Å². The van der Waals surface area contributed by atoms with Crippen LogP contribution in [0.1, 0.15) is 91.9 Å². The average molecular weight is 616 g/mol. The first-order valence-electron chi connectivity index (χ1n) is 16.1. The van der Waals surface area contributed by atoms with Crippen molar-refractivity contribution in [2.45, 2.75) is 134 Å². The molecule has 4 saturated carbocycles. The lowest BCUT2D eigenvalue weighted by Crippen LogP contribution is -2.68. The van der Waals surface area contributed by atoms with Crippen molar-refractivity contribution in [3.63, 3.8) is 0 Å². The van der Waals surface area contributed by atoms with Crippen LogP contribution in [0.2, 0.25) is 0 Å². The van der Waals surface area contributed by atoms with E-state index in [0.29, 0.717) is 44.9 Å². The molecule has 11 nitrogen and oxygen atoms in total. The van der Waals surface area contributed by atoms with E-state index in [1.165, 1.54) is 13.8 Å². The maximum absolute atomic E-state index is 12.5. The second kappa shape index (κ2) is 11.1. The van der Waals surface area contributed by atoms with Gasteiger partial charge in [0.25, 0.3) is 0 Å². The number of carbonyl (C=O) groups excluding carboxylic acids is 3. The van der Waals surface area contributed by atoms with Gasteiger partial charge >= 0.3 is 17.9 Å². The van der Waals surface area contributed by atoms with E-state index in [1.54, 1.807) is 13.0 Å². The lowest BCUT2D eigenvalue weighted by molar-refractivity contribution is -0.287. The first kappa shape index (κ1) is 31.5. The molecule has 4 aliphatic carbocycles. The Hall–Kier alpha value is -2.52. The van der Waals surface area contributed by atoms with E-state index < -0.39 is 64.7 Å². The first-order chi connectivity index (χ1) is 20.7. The van der Waals surface area contributed by atoms with E-state index >= 15 is 0 Å². The van der Waals surface area contributed by atoms with Crippen molar-refractivity contribution in [2.75, 3.05) is 6.61 Å². The summed E-state index contributed by atoms with van der Waals surface area (Å²) in [7, 11) is 0. The van der Waals surface area contributed by atoms with Gasteiger partial charge in [0, 0.05) is 38.2 Å². The van der Waals surface area contributed by atoms with Crippen LogP contribution in [0.4, 0.5) is 0 Å². The number of carbonyl (C=O) groups is 3. The summed E-state index contributed by atoms with van der Waals surface area (Å²) in [5.74, 6) is -1.56. The van der Waals surface area contributed by atoms with Crippen molar-refractivity contribution in [3.05, 3.63) is 11.6 Å². The molecule has 6 aliphatic rings. The molecule has 242 valence electrons. The molecule has 2 aliphatic heterocycles. The Balaban J connectivity index is 1.18. The number of ether oxygens (including phenoxy) is 5. The van der Waals surface area contributed by atoms with Crippen LogP contribution in [-0.2, 0) is 38.1 Å². The van der Waals surface area contributed by atoms with Crippen LogP contribution in [0.25, 0.3) is 0 Å². The molecule has 0 aromatic carbocycles. The van der Waals surface area contributed by atoms with Gasteiger partial charge in [0.1, 0.15) is 12.7 Å².